The van der Waals surface area contributed by atoms with Crippen molar-refractivity contribution in [3.8, 4) is 0 Å². The lowest BCUT2D eigenvalue weighted by atomic mass is 10.1. The van der Waals surface area contributed by atoms with Gasteiger partial charge in [-0.05, 0) is 18.1 Å². The third-order valence-electron chi connectivity index (χ3n) is 4.52. The molecule has 26 heavy (non-hydrogen) atoms. The predicted octanol–water partition coefficient (Wildman–Crippen LogP) is -0.580. The molecule has 0 unspecified atom stereocenters. The molecule has 4 rings (SSSR count). The first-order valence-corrected chi connectivity index (χ1v) is 8.34. The maximum atomic E-state index is 10.2. The Bertz CT molecular complexity index is 867. The number of aromatic nitrogens is 5. The molecule has 4 heterocycles. The van der Waals surface area contributed by atoms with E-state index >= 15 is 0 Å². The van der Waals surface area contributed by atoms with Crippen LogP contribution in [0.1, 0.15) is 11.8 Å². The summed E-state index contributed by atoms with van der Waals surface area (Å²) in [7, 11) is 0. The van der Waals surface area contributed by atoms with Gasteiger partial charge in [0.15, 0.2) is 23.2 Å². The highest BCUT2D eigenvalue weighted by Gasteiger charge is 2.44. The van der Waals surface area contributed by atoms with E-state index in [0.29, 0.717) is 23.5 Å². The van der Waals surface area contributed by atoms with Crippen molar-refractivity contribution in [1.29, 1.82) is 0 Å². The molecule has 1 aliphatic heterocycles. The molecule has 10 heteroatoms. The van der Waals surface area contributed by atoms with E-state index in [2.05, 4.69) is 25.3 Å². The Morgan fingerprint density at radius 3 is 2.85 bits per heavy atom. The van der Waals surface area contributed by atoms with Gasteiger partial charge in [0.2, 0.25) is 0 Å². The number of fused-ring (bicyclic) bond motifs is 1. The molecule has 10 nitrogen and oxygen atoms in total. The second-order valence-corrected chi connectivity index (χ2v) is 6.17. The summed E-state index contributed by atoms with van der Waals surface area (Å²) in [6.07, 6.45) is 3.42. The van der Waals surface area contributed by atoms with Crippen LogP contribution in [-0.2, 0) is 11.2 Å². The number of rotatable bonds is 6. The van der Waals surface area contributed by atoms with Crippen LogP contribution >= 0.6 is 0 Å². The van der Waals surface area contributed by atoms with Crippen LogP contribution < -0.4 is 5.32 Å². The number of imidazole rings is 1. The van der Waals surface area contributed by atoms with Crippen molar-refractivity contribution in [2.24, 2.45) is 0 Å². The number of nitrogens with zero attached hydrogens (tertiary/aromatic N) is 4. The topological polar surface area (TPSA) is 141 Å². The molecule has 1 aliphatic rings. The van der Waals surface area contributed by atoms with Crippen molar-refractivity contribution in [2.75, 3.05) is 18.5 Å². The van der Waals surface area contributed by atoms with Gasteiger partial charge in [0.1, 0.15) is 24.6 Å². The molecular weight excluding hydrogens is 340 g/mol. The maximum Gasteiger partial charge on any atom is 0.167 e. The third kappa shape index (κ3) is 2.92. The van der Waals surface area contributed by atoms with Gasteiger partial charge in [-0.15, -0.1) is 0 Å². The molecule has 0 aliphatic carbocycles. The number of anilines is 1. The van der Waals surface area contributed by atoms with E-state index in [1.807, 2.05) is 18.5 Å². The van der Waals surface area contributed by atoms with Crippen molar-refractivity contribution < 1.29 is 20.1 Å². The second kappa shape index (κ2) is 7.00. The van der Waals surface area contributed by atoms with Gasteiger partial charge in [-0.1, -0.05) is 0 Å². The SMILES string of the molecule is OC[C@H]1O[C@@H](n2cnc3c(NCCc4cc[nH]c4)ncnc32)[C@@H](O)[C@H]1O. The third-order valence-corrected chi connectivity index (χ3v) is 4.52. The van der Waals surface area contributed by atoms with Gasteiger partial charge < -0.3 is 30.4 Å². The van der Waals surface area contributed by atoms with E-state index in [4.69, 9.17) is 4.74 Å². The average molecular weight is 360 g/mol. The van der Waals surface area contributed by atoms with Crippen LogP contribution in [0.25, 0.3) is 11.2 Å². The van der Waals surface area contributed by atoms with Crippen molar-refractivity contribution in [2.45, 2.75) is 31.0 Å². The summed E-state index contributed by atoms with van der Waals surface area (Å²) in [4.78, 5) is 15.8. The first-order valence-electron chi connectivity index (χ1n) is 8.34. The maximum absolute atomic E-state index is 10.2. The van der Waals surface area contributed by atoms with Gasteiger partial charge in [0.05, 0.1) is 12.9 Å². The monoisotopic (exact) mass is 360 g/mol. The first kappa shape index (κ1) is 16.9. The van der Waals surface area contributed by atoms with Gasteiger partial charge in [-0.3, -0.25) is 4.57 Å². The fourth-order valence-electron chi connectivity index (χ4n) is 3.12. The highest BCUT2D eigenvalue weighted by Crippen LogP contribution is 2.32. The van der Waals surface area contributed by atoms with Crippen molar-refractivity contribution >= 4 is 17.0 Å². The average Bonchev–Trinajstić information content (AvgIpc) is 3.37. The summed E-state index contributed by atoms with van der Waals surface area (Å²) in [5.41, 5.74) is 2.19. The Labute approximate surface area is 148 Å². The molecule has 0 saturated carbocycles. The molecule has 4 atom stereocenters. The zero-order chi connectivity index (χ0) is 18.1. The molecule has 3 aromatic rings. The molecule has 138 valence electrons. The van der Waals surface area contributed by atoms with E-state index < -0.39 is 24.5 Å². The van der Waals surface area contributed by atoms with Gasteiger partial charge >= 0.3 is 0 Å². The van der Waals surface area contributed by atoms with Crippen LogP contribution in [-0.4, -0.2) is 71.3 Å². The Hall–Kier alpha value is -2.53. The van der Waals surface area contributed by atoms with Crippen LogP contribution in [0.4, 0.5) is 5.82 Å². The van der Waals surface area contributed by atoms with E-state index in [1.54, 1.807) is 0 Å². The molecule has 1 saturated heterocycles. The minimum Gasteiger partial charge on any atom is -0.394 e. The van der Waals surface area contributed by atoms with Crippen LogP contribution in [0.3, 0.4) is 0 Å². The summed E-state index contributed by atoms with van der Waals surface area (Å²) in [5, 5.41) is 32.6. The Balaban J connectivity index is 1.55. The van der Waals surface area contributed by atoms with Gasteiger partial charge in [0.25, 0.3) is 0 Å². The lowest BCUT2D eigenvalue weighted by Gasteiger charge is -2.16. The number of hydrogen-bond donors (Lipinski definition) is 5. The highest BCUT2D eigenvalue weighted by atomic mass is 16.6. The molecule has 0 radical (unpaired) electrons. The second-order valence-electron chi connectivity index (χ2n) is 6.17. The molecule has 1 fully saturated rings. The number of hydrogen-bond acceptors (Lipinski definition) is 8. The minimum absolute atomic E-state index is 0.387. The summed E-state index contributed by atoms with van der Waals surface area (Å²) < 4.78 is 7.09. The molecule has 0 aromatic carbocycles. The highest BCUT2D eigenvalue weighted by molar-refractivity contribution is 5.82. The number of nitrogens with one attached hydrogen (secondary N) is 2. The van der Waals surface area contributed by atoms with E-state index in [-0.39, 0.29) is 6.61 Å². The summed E-state index contributed by atoms with van der Waals surface area (Å²) in [6.45, 7) is 0.285. The van der Waals surface area contributed by atoms with Crippen molar-refractivity contribution in [3.63, 3.8) is 0 Å². The number of H-pyrrole nitrogens is 1. The lowest BCUT2D eigenvalue weighted by Crippen LogP contribution is -2.33. The fraction of sp³-hybridized carbons (Fsp3) is 0.438. The molecule has 5 N–H and O–H groups in total. The molecule has 0 amide bonds. The number of ether oxygens (including phenoxy) is 1. The molecule has 0 spiro atoms. The van der Waals surface area contributed by atoms with Crippen molar-refractivity contribution in [1.82, 2.24) is 24.5 Å². The summed E-state index contributed by atoms with van der Waals surface area (Å²) in [5.74, 6) is 0.580. The Morgan fingerprint density at radius 2 is 2.12 bits per heavy atom. The molecule has 3 aromatic heterocycles. The summed E-state index contributed by atoms with van der Waals surface area (Å²) in [6, 6.07) is 2.01. The summed E-state index contributed by atoms with van der Waals surface area (Å²) >= 11 is 0. The minimum atomic E-state index is -1.19. The van der Waals surface area contributed by atoms with Gasteiger partial charge in [-0.2, -0.15) is 0 Å². The van der Waals surface area contributed by atoms with Crippen LogP contribution in [0, 0.1) is 0 Å². The zero-order valence-electron chi connectivity index (χ0n) is 13.9. The largest absolute Gasteiger partial charge is 0.394 e. The van der Waals surface area contributed by atoms with Crippen molar-refractivity contribution in [3.05, 3.63) is 36.7 Å². The standard InChI is InChI=1S/C16H20N6O4/c23-6-10-12(24)13(25)16(26-10)22-8-21-11-14(19-7-20-15(11)22)18-4-2-9-1-3-17-5-9/h1,3,5,7-8,10,12-13,16-17,23-25H,2,4,6H2,(H,18,19,20)/t10-,12+,13+,16-/m1/s1. The Kier molecular flexibility index (Phi) is 4.55. The predicted molar refractivity (Wildman–Crippen MR) is 91.3 cm³/mol. The van der Waals surface area contributed by atoms with Crippen LogP contribution in [0.5, 0.6) is 0 Å². The number of aliphatic hydroxyl groups is 3. The van der Waals surface area contributed by atoms with Gasteiger partial charge in [0, 0.05) is 18.9 Å². The Morgan fingerprint density at radius 1 is 1.23 bits per heavy atom. The van der Waals surface area contributed by atoms with E-state index in [9.17, 15) is 15.3 Å². The molecular formula is C16H20N6O4. The van der Waals surface area contributed by atoms with E-state index in [1.165, 1.54) is 22.8 Å². The number of aliphatic hydroxyl groups excluding tert-OH is 3. The quantitative estimate of drug-likeness (QED) is 0.393. The van der Waals surface area contributed by atoms with E-state index in [0.717, 1.165) is 6.42 Å². The normalized spacial score (nSPS) is 25.8. The first-order chi connectivity index (χ1) is 12.7. The number of aromatic amines is 1. The zero-order valence-corrected chi connectivity index (χ0v) is 13.9. The van der Waals surface area contributed by atoms with Gasteiger partial charge in [-0.25, -0.2) is 15.0 Å². The smallest absolute Gasteiger partial charge is 0.167 e. The van der Waals surface area contributed by atoms with Crippen LogP contribution in [0.15, 0.2) is 31.1 Å². The molecule has 0 bridgehead atoms. The van der Waals surface area contributed by atoms with Crippen LogP contribution in [0.2, 0.25) is 0 Å². The fourth-order valence-corrected chi connectivity index (χ4v) is 3.12. The lowest BCUT2D eigenvalue weighted by molar-refractivity contribution is -0.0511.